The van der Waals surface area contributed by atoms with E-state index in [9.17, 15) is 9.90 Å². The van der Waals surface area contributed by atoms with Crippen LogP contribution in [0.3, 0.4) is 0 Å². The number of carbonyl (C=O) groups excluding carboxylic acids is 1. The first-order valence-electron chi connectivity index (χ1n) is 9.31. The number of amides is 1. The van der Waals surface area contributed by atoms with Crippen molar-refractivity contribution < 1.29 is 9.90 Å². The van der Waals surface area contributed by atoms with Gasteiger partial charge in [0.2, 0.25) is 5.91 Å². The summed E-state index contributed by atoms with van der Waals surface area (Å²) in [5.41, 5.74) is 2.40. The van der Waals surface area contributed by atoms with Gasteiger partial charge < -0.3 is 10.0 Å². The molecule has 0 spiro atoms. The van der Waals surface area contributed by atoms with E-state index in [1.165, 1.54) is 5.56 Å². The molecule has 1 unspecified atom stereocenters. The van der Waals surface area contributed by atoms with Crippen LogP contribution in [-0.2, 0) is 4.79 Å². The molecule has 0 aromatic heterocycles. The standard InChI is InChI=1S/C22H27NO2/c1-2-6-21(19-7-4-3-5-8-19)22(25)23-15-13-18(14-16-23)17-9-11-20(24)12-10-17/h3-5,7-12,18,21,24H,2,6,13-16H2,1H3. The van der Waals surface area contributed by atoms with Crippen molar-refractivity contribution in [1.82, 2.24) is 4.90 Å². The number of piperidine rings is 1. The minimum atomic E-state index is -0.0172. The van der Waals surface area contributed by atoms with Gasteiger partial charge in [0, 0.05) is 13.1 Å². The molecule has 1 fully saturated rings. The zero-order valence-electron chi connectivity index (χ0n) is 14.9. The Labute approximate surface area is 150 Å². The second-order valence-corrected chi connectivity index (χ2v) is 6.94. The number of nitrogens with zero attached hydrogens (tertiary/aromatic N) is 1. The molecule has 0 saturated carbocycles. The molecule has 1 N–H and O–H groups in total. The van der Waals surface area contributed by atoms with Crippen molar-refractivity contribution in [1.29, 1.82) is 0 Å². The maximum absolute atomic E-state index is 13.1. The first-order valence-corrected chi connectivity index (χ1v) is 9.31. The summed E-state index contributed by atoms with van der Waals surface area (Å²) < 4.78 is 0. The van der Waals surface area contributed by atoms with Gasteiger partial charge in [0.15, 0.2) is 0 Å². The first kappa shape index (κ1) is 17.5. The molecule has 2 aromatic carbocycles. The Kier molecular flexibility index (Phi) is 5.75. The van der Waals surface area contributed by atoms with Crippen molar-refractivity contribution in [3.05, 3.63) is 65.7 Å². The third kappa shape index (κ3) is 4.22. The van der Waals surface area contributed by atoms with Crippen LogP contribution in [0, 0.1) is 0 Å². The van der Waals surface area contributed by atoms with E-state index in [0.29, 0.717) is 11.7 Å². The molecule has 0 radical (unpaired) electrons. The van der Waals surface area contributed by atoms with Gasteiger partial charge >= 0.3 is 0 Å². The zero-order chi connectivity index (χ0) is 17.6. The first-order chi connectivity index (χ1) is 12.2. The maximum Gasteiger partial charge on any atom is 0.230 e. The summed E-state index contributed by atoms with van der Waals surface area (Å²) in [5.74, 6) is 1.04. The summed E-state index contributed by atoms with van der Waals surface area (Å²) in [6.45, 7) is 3.77. The molecule has 3 heteroatoms. The van der Waals surface area contributed by atoms with Crippen LogP contribution in [0.25, 0.3) is 0 Å². The van der Waals surface area contributed by atoms with Gasteiger partial charge in [-0.2, -0.15) is 0 Å². The molecular weight excluding hydrogens is 310 g/mol. The molecule has 1 aliphatic rings. The number of carbonyl (C=O) groups is 1. The van der Waals surface area contributed by atoms with Gasteiger partial charge in [-0.25, -0.2) is 0 Å². The van der Waals surface area contributed by atoms with E-state index >= 15 is 0 Å². The lowest BCUT2D eigenvalue weighted by Crippen LogP contribution is -2.40. The molecule has 1 heterocycles. The number of aromatic hydroxyl groups is 1. The van der Waals surface area contributed by atoms with Crippen LogP contribution in [0.1, 0.15) is 55.6 Å². The van der Waals surface area contributed by atoms with Gasteiger partial charge in [-0.1, -0.05) is 55.8 Å². The minimum absolute atomic E-state index is 0.0172. The normalized spacial score (nSPS) is 16.6. The van der Waals surface area contributed by atoms with Crippen molar-refractivity contribution in [3.63, 3.8) is 0 Å². The highest BCUT2D eigenvalue weighted by molar-refractivity contribution is 5.83. The summed E-state index contributed by atoms with van der Waals surface area (Å²) >= 11 is 0. The Hall–Kier alpha value is -2.29. The third-order valence-electron chi connectivity index (χ3n) is 5.25. The van der Waals surface area contributed by atoms with Crippen LogP contribution in [-0.4, -0.2) is 29.0 Å². The minimum Gasteiger partial charge on any atom is -0.508 e. The molecule has 25 heavy (non-hydrogen) atoms. The van der Waals surface area contributed by atoms with Crippen LogP contribution >= 0.6 is 0 Å². The SMILES string of the molecule is CCCC(C(=O)N1CCC(c2ccc(O)cc2)CC1)c1ccccc1. The second kappa shape index (κ2) is 8.19. The topological polar surface area (TPSA) is 40.5 Å². The number of hydrogen-bond acceptors (Lipinski definition) is 2. The molecule has 1 saturated heterocycles. The monoisotopic (exact) mass is 337 g/mol. The predicted octanol–water partition coefficient (Wildman–Crippen LogP) is 4.68. The fraction of sp³-hybridized carbons (Fsp3) is 0.409. The number of phenolic OH excluding ortho intramolecular Hbond substituents is 1. The Morgan fingerprint density at radius 3 is 2.32 bits per heavy atom. The van der Waals surface area contributed by atoms with Crippen LogP contribution < -0.4 is 0 Å². The van der Waals surface area contributed by atoms with Crippen LogP contribution in [0.15, 0.2) is 54.6 Å². The summed E-state index contributed by atoms with van der Waals surface area (Å²) in [4.78, 5) is 15.1. The molecule has 1 atom stereocenters. The van der Waals surface area contributed by atoms with Gasteiger partial charge in [0.1, 0.15) is 5.75 Å². The van der Waals surface area contributed by atoms with Gasteiger partial charge in [0.25, 0.3) is 0 Å². The fourth-order valence-corrected chi connectivity index (χ4v) is 3.81. The summed E-state index contributed by atoms with van der Waals surface area (Å²) in [5, 5.41) is 9.44. The van der Waals surface area contributed by atoms with Crippen molar-refractivity contribution >= 4 is 5.91 Å². The maximum atomic E-state index is 13.1. The second-order valence-electron chi connectivity index (χ2n) is 6.94. The highest BCUT2D eigenvalue weighted by atomic mass is 16.3. The molecule has 0 aliphatic carbocycles. The average Bonchev–Trinajstić information content (AvgIpc) is 2.67. The smallest absolute Gasteiger partial charge is 0.230 e. The molecule has 0 bridgehead atoms. The summed E-state index contributed by atoms with van der Waals surface area (Å²) in [6, 6.07) is 17.7. The fourth-order valence-electron chi connectivity index (χ4n) is 3.81. The van der Waals surface area contributed by atoms with E-state index in [1.54, 1.807) is 12.1 Å². The van der Waals surface area contributed by atoms with Crippen molar-refractivity contribution in [2.75, 3.05) is 13.1 Å². The van der Waals surface area contributed by atoms with Crippen LogP contribution in [0.2, 0.25) is 0 Å². The number of phenols is 1. The lowest BCUT2D eigenvalue weighted by Gasteiger charge is -2.34. The van der Waals surface area contributed by atoms with E-state index in [-0.39, 0.29) is 11.8 Å². The Morgan fingerprint density at radius 1 is 1.08 bits per heavy atom. The average molecular weight is 337 g/mol. The lowest BCUT2D eigenvalue weighted by molar-refractivity contribution is -0.134. The van der Waals surface area contributed by atoms with Gasteiger partial charge in [-0.15, -0.1) is 0 Å². The Morgan fingerprint density at radius 2 is 1.72 bits per heavy atom. The van der Waals surface area contributed by atoms with E-state index in [1.807, 2.05) is 35.2 Å². The van der Waals surface area contributed by atoms with Crippen molar-refractivity contribution in [3.8, 4) is 5.75 Å². The van der Waals surface area contributed by atoms with E-state index in [0.717, 1.165) is 44.3 Å². The highest BCUT2D eigenvalue weighted by Crippen LogP contribution is 2.31. The number of hydrogen-bond donors (Lipinski definition) is 1. The largest absolute Gasteiger partial charge is 0.508 e. The third-order valence-corrected chi connectivity index (χ3v) is 5.25. The summed E-state index contributed by atoms with van der Waals surface area (Å²) in [6.07, 6.45) is 3.89. The molecule has 132 valence electrons. The quantitative estimate of drug-likeness (QED) is 0.860. The highest BCUT2D eigenvalue weighted by Gasteiger charge is 2.29. The number of rotatable bonds is 5. The lowest BCUT2D eigenvalue weighted by atomic mass is 9.87. The molecule has 3 nitrogen and oxygen atoms in total. The molecule has 2 aromatic rings. The summed E-state index contributed by atoms with van der Waals surface area (Å²) in [7, 11) is 0. The molecule has 1 amide bonds. The molecule has 1 aliphatic heterocycles. The van der Waals surface area contributed by atoms with Crippen molar-refractivity contribution in [2.45, 2.75) is 44.4 Å². The van der Waals surface area contributed by atoms with E-state index in [2.05, 4.69) is 19.1 Å². The Balaban J connectivity index is 1.64. The zero-order valence-corrected chi connectivity index (χ0v) is 14.9. The van der Waals surface area contributed by atoms with Crippen LogP contribution in [0.5, 0.6) is 5.75 Å². The number of likely N-dealkylation sites (tertiary alicyclic amines) is 1. The molecular formula is C22H27NO2. The molecule has 3 rings (SSSR count). The van der Waals surface area contributed by atoms with Gasteiger partial charge in [-0.05, 0) is 48.4 Å². The van der Waals surface area contributed by atoms with Crippen molar-refractivity contribution in [2.24, 2.45) is 0 Å². The van der Waals surface area contributed by atoms with E-state index in [4.69, 9.17) is 0 Å². The predicted molar refractivity (Wildman–Crippen MR) is 101 cm³/mol. The Bertz CT molecular complexity index is 673. The number of benzene rings is 2. The van der Waals surface area contributed by atoms with Gasteiger partial charge in [0.05, 0.1) is 5.92 Å². The van der Waals surface area contributed by atoms with Crippen LogP contribution in [0.4, 0.5) is 0 Å². The van der Waals surface area contributed by atoms with Gasteiger partial charge in [-0.3, -0.25) is 4.79 Å². The van der Waals surface area contributed by atoms with E-state index < -0.39 is 0 Å².